The molecule has 1 saturated heterocycles. The van der Waals surface area contributed by atoms with Crippen molar-refractivity contribution in [2.24, 2.45) is 5.92 Å². The summed E-state index contributed by atoms with van der Waals surface area (Å²) >= 11 is 0. The second-order valence-electron chi connectivity index (χ2n) is 7.50. The highest BCUT2D eigenvalue weighted by Gasteiger charge is 2.36. The number of benzene rings is 2. The van der Waals surface area contributed by atoms with Crippen molar-refractivity contribution in [3.63, 3.8) is 0 Å². The Morgan fingerprint density at radius 2 is 1.96 bits per heavy atom. The summed E-state index contributed by atoms with van der Waals surface area (Å²) in [4.78, 5) is 40.3. The van der Waals surface area contributed by atoms with Gasteiger partial charge in [0.2, 0.25) is 17.7 Å². The molecule has 0 spiro atoms. The van der Waals surface area contributed by atoms with Crippen LogP contribution < -0.4 is 15.1 Å². The van der Waals surface area contributed by atoms with Crippen LogP contribution in [-0.2, 0) is 20.8 Å². The number of aryl methyl sites for hydroxylation is 1. The minimum atomic E-state index is -0.380. The molecule has 2 heterocycles. The molecule has 0 saturated carbocycles. The fraction of sp³-hybridized carbons (Fsp3) is 0.318. The zero-order valence-corrected chi connectivity index (χ0v) is 16.1. The van der Waals surface area contributed by atoms with E-state index in [0.717, 1.165) is 34.6 Å². The number of nitrogens with one attached hydrogen (secondary N) is 1. The van der Waals surface area contributed by atoms with Gasteiger partial charge in [0.05, 0.1) is 5.92 Å². The fourth-order valence-corrected chi connectivity index (χ4v) is 3.98. The minimum Gasteiger partial charge on any atom is -0.326 e. The van der Waals surface area contributed by atoms with Gasteiger partial charge in [0.15, 0.2) is 0 Å². The Hall–Kier alpha value is -3.15. The van der Waals surface area contributed by atoms with E-state index in [1.54, 1.807) is 16.7 Å². The summed E-state index contributed by atoms with van der Waals surface area (Å²) < 4.78 is 0. The van der Waals surface area contributed by atoms with Crippen LogP contribution in [0.2, 0.25) is 0 Å². The molecule has 2 aliphatic rings. The molecule has 0 aliphatic carbocycles. The Kier molecular flexibility index (Phi) is 4.63. The Morgan fingerprint density at radius 1 is 1.14 bits per heavy atom. The second-order valence-corrected chi connectivity index (χ2v) is 7.50. The van der Waals surface area contributed by atoms with E-state index in [-0.39, 0.29) is 30.1 Å². The molecule has 2 aromatic carbocycles. The summed E-state index contributed by atoms with van der Waals surface area (Å²) in [5, 5.41) is 2.92. The van der Waals surface area contributed by atoms with E-state index in [4.69, 9.17) is 0 Å². The molecule has 6 nitrogen and oxygen atoms in total. The van der Waals surface area contributed by atoms with Gasteiger partial charge < -0.3 is 15.1 Å². The van der Waals surface area contributed by atoms with Gasteiger partial charge in [0.1, 0.15) is 0 Å². The number of amides is 3. The third kappa shape index (κ3) is 3.38. The highest BCUT2D eigenvalue weighted by molar-refractivity contribution is 6.04. The van der Waals surface area contributed by atoms with Crippen LogP contribution in [0.3, 0.4) is 0 Å². The van der Waals surface area contributed by atoms with Crippen LogP contribution in [0.5, 0.6) is 0 Å². The maximum atomic E-state index is 12.6. The van der Waals surface area contributed by atoms with E-state index in [1.807, 2.05) is 49.4 Å². The van der Waals surface area contributed by atoms with Crippen LogP contribution in [0.1, 0.15) is 24.5 Å². The zero-order chi connectivity index (χ0) is 19.8. The van der Waals surface area contributed by atoms with Gasteiger partial charge in [-0.3, -0.25) is 14.4 Å². The molecule has 144 valence electrons. The monoisotopic (exact) mass is 377 g/mol. The van der Waals surface area contributed by atoms with E-state index in [1.165, 1.54) is 0 Å². The van der Waals surface area contributed by atoms with Crippen LogP contribution >= 0.6 is 0 Å². The number of fused-ring (bicyclic) bond motifs is 1. The van der Waals surface area contributed by atoms with E-state index in [0.29, 0.717) is 13.1 Å². The summed E-state index contributed by atoms with van der Waals surface area (Å²) in [7, 11) is 0. The van der Waals surface area contributed by atoms with E-state index in [2.05, 4.69) is 5.32 Å². The molecule has 0 bridgehead atoms. The lowest BCUT2D eigenvalue weighted by molar-refractivity contribution is -0.122. The number of carbonyl (C=O) groups is 3. The first-order valence-electron chi connectivity index (χ1n) is 9.51. The average molecular weight is 377 g/mol. The summed E-state index contributed by atoms with van der Waals surface area (Å²) in [5.74, 6) is -0.539. The van der Waals surface area contributed by atoms with Crippen molar-refractivity contribution in [1.29, 1.82) is 0 Å². The summed E-state index contributed by atoms with van der Waals surface area (Å²) in [5.41, 5.74) is 4.59. The van der Waals surface area contributed by atoms with E-state index >= 15 is 0 Å². The molecule has 2 aliphatic heterocycles. The van der Waals surface area contributed by atoms with Crippen molar-refractivity contribution in [3.8, 4) is 0 Å². The van der Waals surface area contributed by atoms with Crippen LogP contribution in [-0.4, -0.2) is 30.8 Å². The quantitative estimate of drug-likeness (QED) is 0.894. The maximum Gasteiger partial charge on any atom is 0.229 e. The number of anilines is 3. The Balaban J connectivity index is 1.48. The summed E-state index contributed by atoms with van der Waals surface area (Å²) in [6.45, 7) is 4.57. The van der Waals surface area contributed by atoms with Gasteiger partial charge in [-0.25, -0.2) is 0 Å². The van der Waals surface area contributed by atoms with Gasteiger partial charge in [-0.05, 0) is 54.8 Å². The fourth-order valence-electron chi connectivity index (χ4n) is 3.98. The Morgan fingerprint density at radius 3 is 2.71 bits per heavy atom. The van der Waals surface area contributed by atoms with Crippen molar-refractivity contribution in [3.05, 3.63) is 53.6 Å². The molecule has 6 heteroatoms. The van der Waals surface area contributed by atoms with Crippen molar-refractivity contribution in [2.75, 3.05) is 28.2 Å². The van der Waals surface area contributed by atoms with Gasteiger partial charge in [0.25, 0.3) is 0 Å². The van der Waals surface area contributed by atoms with Crippen molar-refractivity contribution >= 4 is 34.8 Å². The number of nitrogens with zero attached hydrogens (tertiary/aromatic N) is 2. The highest BCUT2D eigenvalue weighted by Crippen LogP contribution is 2.34. The number of carbonyl (C=O) groups excluding carboxylic acids is 3. The molecule has 0 unspecified atom stereocenters. The zero-order valence-electron chi connectivity index (χ0n) is 16.1. The topological polar surface area (TPSA) is 69.7 Å². The smallest absolute Gasteiger partial charge is 0.229 e. The average Bonchev–Trinajstić information content (AvgIpc) is 3.24. The molecule has 0 radical (unpaired) electrons. The highest BCUT2D eigenvalue weighted by atomic mass is 16.2. The van der Waals surface area contributed by atoms with Crippen LogP contribution in [0, 0.1) is 12.8 Å². The normalized spacial score (nSPS) is 18.4. The Labute approximate surface area is 164 Å². The number of hydrogen-bond donors (Lipinski definition) is 1. The first-order valence-corrected chi connectivity index (χ1v) is 9.51. The van der Waals surface area contributed by atoms with Crippen LogP contribution in [0.15, 0.2) is 42.5 Å². The van der Waals surface area contributed by atoms with E-state index in [9.17, 15) is 14.4 Å². The molecule has 1 atom stereocenters. The van der Waals surface area contributed by atoms with Crippen LogP contribution in [0.4, 0.5) is 17.1 Å². The molecule has 2 aromatic rings. The molecule has 0 aromatic heterocycles. The molecule has 28 heavy (non-hydrogen) atoms. The third-order valence-electron chi connectivity index (χ3n) is 5.43. The number of rotatable bonds is 3. The van der Waals surface area contributed by atoms with Crippen molar-refractivity contribution < 1.29 is 14.4 Å². The van der Waals surface area contributed by atoms with Gasteiger partial charge >= 0.3 is 0 Å². The third-order valence-corrected chi connectivity index (χ3v) is 5.43. The number of hydrogen-bond acceptors (Lipinski definition) is 3. The van der Waals surface area contributed by atoms with Gasteiger partial charge in [-0.15, -0.1) is 0 Å². The molecule has 1 N–H and O–H groups in total. The van der Waals surface area contributed by atoms with E-state index < -0.39 is 0 Å². The SMILES string of the molecule is CC(=O)N1CCc2cc(N3C[C@@H](C(=O)Nc4cccc(C)c4)CC3=O)ccc21. The molecule has 3 amide bonds. The lowest BCUT2D eigenvalue weighted by atomic mass is 10.1. The molecular formula is C22H23N3O3. The van der Waals surface area contributed by atoms with Gasteiger partial charge in [-0.2, -0.15) is 0 Å². The van der Waals surface area contributed by atoms with Crippen molar-refractivity contribution in [1.82, 2.24) is 0 Å². The summed E-state index contributed by atoms with van der Waals surface area (Å²) in [6.07, 6.45) is 0.983. The standard InChI is InChI=1S/C22H23N3O3/c1-14-4-3-5-18(10-14)23-22(28)17-12-21(27)25(13-17)19-6-7-20-16(11-19)8-9-24(20)15(2)26/h3-7,10-11,17H,8-9,12-13H2,1-2H3,(H,23,28)/t17-/m0/s1. The van der Waals surface area contributed by atoms with Gasteiger partial charge in [-0.1, -0.05) is 12.1 Å². The largest absolute Gasteiger partial charge is 0.326 e. The minimum absolute atomic E-state index is 0.0247. The van der Waals surface area contributed by atoms with Crippen LogP contribution in [0.25, 0.3) is 0 Å². The molecule has 4 rings (SSSR count). The summed E-state index contributed by atoms with van der Waals surface area (Å²) in [6, 6.07) is 13.3. The van der Waals surface area contributed by atoms with Crippen molar-refractivity contribution in [2.45, 2.75) is 26.7 Å². The molecular weight excluding hydrogens is 354 g/mol. The lowest BCUT2D eigenvalue weighted by Gasteiger charge is -2.19. The molecule has 1 fully saturated rings. The van der Waals surface area contributed by atoms with Gasteiger partial charge in [0, 0.05) is 43.5 Å². The second kappa shape index (κ2) is 7.11. The predicted molar refractivity (Wildman–Crippen MR) is 108 cm³/mol. The maximum absolute atomic E-state index is 12.6. The first kappa shape index (κ1) is 18.2. The first-order chi connectivity index (χ1) is 13.4. The predicted octanol–water partition coefficient (Wildman–Crippen LogP) is 2.90. The Bertz CT molecular complexity index is 969. The lowest BCUT2D eigenvalue weighted by Crippen LogP contribution is -2.28.